The number of hydrogen-bond acceptors (Lipinski definition) is 7. The maximum absolute atomic E-state index is 13.9. The first-order valence-electron chi connectivity index (χ1n) is 24.9. The molecule has 0 aromatic heterocycles. The van der Waals surface area contributed by atoms with Gasteiger partial charge in [0.15, 0.2) is 0 Å². The third-order valence-corrected chi connectivity index (χ3v) is 14.8. The number of rotatable bonds is 12. The van der Waals surface area contributed by atoms with Crippen LogP contribution in [0.4, 0.5) is 57.5 Å². The highest BCUT2D eigenvalue weighted by atomic mass is 19.4. The summed E-state index contributed by atoms with van der Waals surface area (Å²) in [6.07, 6.45) is -20.6. The fourth-order valence-electron chi connectivity index (χ4n) is 10.7. The summed E-state index contributed by atoms with van der Waals surface area (Å²) >= 11 is 0. The van der Waals surface area contributed by atoms with E-state index in [1.54, 1.807) is 54.6 Å². The SMILES string of the molecule is C[C@@H](OC[C@@]1(c2ccccc2)CC[C@@H]2NC(=O)CC2N1)c1cc(C(F)(F)F)cc(C(F)(F)F)c1.C[C@@H](OC[C@@]1(c2ccccc2)CC[C@@H]2NC(=O)CC2N1C(=O)OCc1ccccc1)c1cc(C(F)(F)F)cc(C(F)(F)F)c1.[HH]. The van der Waals surface area contributed by atoms with Gasteiger partial charge in [0.05, 0.1) is 70.8 Å². The molecule has 0 aliphatic carbocycles. The van der Waals surface area contributed by atoms with Crippen LogP contribution in [0.2, 0.25) is 0 Å². The molecule has 3 amide bonds. The van der Waals surface area contributed by atoms with E-state index in [1.807, 2.05) is 36.4 Å². The molecule has 4 fully saturated rings. The minimum absolute atomic E-state index is 0. The molecule has 78 heavy (non-hydrogen) atoms. The number of hydrogen-bond donors (Lipinski definition) is 3. The Morgan fingerprint density at radius 1 is 0.577 bits per heavy atom. The molecule has 9 rings (SSSR count). The van der Waals surface area contributed by atoms with Crippen LogP contribution < -0.4 is 16.0 Å². The van der Waals surface area contributed by atoms with Gasteiger partial charge in [-0.3, -0.25) is 14.5 Å². The van der Waals surface area contributed by atoms with E-state index in [4.69, 9.17) is 14.2 Å². The van der Waals surface area contributed by atoms with Crippen molar-refractivity contribution in [1.29, 1.82) is 0 Å². The number of benzene rings is 5. The fraction of sp³-hybridized carbons (Fsp3) is 0.411. The molecular weight excluding hydrogens is 1050 g/mol. The van der Waals surface area contributed by atoms with E-state index in [2.05, 4.69) is 16.0 Å². The molecule has 3 N–H and O–H groups in total. The summed E-state index contributed by atoms with van der Waals surface area (Å²) in [4.78, 5) is 39.7. The Morgan fingerprint density at radius 3 is 1.51 bits per heavy atom. The molecule has 0 spiro atoms. The summed E-state index contributed by atoms with van der Waals surface area (Å²) in [5, 5.41) is 9.30. The lowest BCUT2D eigenvalue weighted by Gasteiger charge is -2.51. The molecule has 4 aliphatic rings. The summed E-state index contributed by atoms with van der Waals surface area (Å²) < 4.78 is 179. The van der Waals surface area contributed by atoms with Gasteiger partial charge in [-0.05, 0) is 104 Å². The van der Waals surface area contributed by atoms with Gasteiger partial charge < -0.3 is 30.2 Å². The summed E-state index contributed by atoms with van der Waals surface area (Å²) in [5.74, 6) is -0.313. The molecule has 5 aromatic carbocycles. The van der Waals surface area contributed by atoms with Crippen LogP contribution in [0.15, 0.2) is 127 Å². The van der Waals surface area contributed by atoms with Crippen molar-refractivity contribution in [2.24, 2.45) is 0 Å². The maximum atomic E-state index is 13.9. The van der Waals surface area contributed by atoms with Crippen LogP contribution in [0.5, 0.6) is 0 Å². The number of carbonyl (C=O) groups excluding carboxylic acids is 3. The Kier molecular flexibility index (Phi) is 16.7. The van der Waals surface area contributed by atoms with Crippen LogP contribution in [0.25, 0.3) is 0 Å². The van der Waals surface area contributed by atoms with Gasteiger partial charge in [-0.25, -0.2) is 4.79 Å². The highest BCUT2D eigenvalue weighted by Crippen LogP contribution is 2.46. The molecule has 22 heteroatoms. The van der Waals surface area contributed by atoms with Gasteiger partial charge in [0, 0.05) is 26.4 Å². The van der Waals surface area contributed by atoms with E-state index >= 15 is 0 Å². The number of piperidine rings is 2. The molecule has 0 bridgehead atoms. The summed E-state index contributed by atoms with van der Waals surface area (Å²) in [6, 6.07) is 28.7. The maximum Gasteiger partial charge on any atom is 0.416 e. The number of alkyl halides is 12. The molecule has 2 unspecified atom stereocenters. The van der Waals surface area contributed by atoms with E-state index in [0.717, 1.165) is 11.1 Å². The molecule has 0 saturated carbocycles. The first-order chi connectivity index (χ1) is 36.6. The summed E-state index contributed by atoms with van der Waals surface area (Å²) in [7, 11) is 0. The first kappa shape index (κ1) is 57.5. The van der Waals surface area contributed by atoms with Gasteiger partial charge in [0.2, 0.25) is 11.8 Å². The molecule has 0 radical (unpaired) electrons. The molecule has 420 valence electrons. The number of nitrogens with zero attached hydrogens (tertiary/aromatic N) is 1. The van der Waals surface area contributed by atoms with E-state index in [0.29, 0.717) is 49.1 Å². The van der Waals surface area contributed by atoms with Crippen molar-refractivity contribution in [2.45, 2.75) is 131 Å². The summed E-state index contributed by atoms with van der Waals surface area (Å²) in [6.45, 7) is 2.46. The monoisotopic (exact) mass is 1110 g/mol. The highest BCUT2D eigenvalue weighted by molar-refractivity contribution is 5.82. The van der Waals surface area contributed by atoms with E-state index in [9.17, 15) is 67.1 Å². The zero-order valence-electron chi connectivity index (χ0n) is 41.9. The molecular formula is C56H56F12N4O6. The topological polar surface area (TPSA) is 118 Å². The van der Waals surface area contributed by atoms with Crippen molar-refractivity contribution in [1.82, 2.24) is 20.9 Å². The van der Waals surface area contributed by atoms with Crippen molar-refractivity contribution in [3.8, 4) is 0 Å². The number of likely N-dealkylation sites (tertiary alicyclic amines) is 1. The van der Waals surface area contributed by atoms with Crippen molar-refractivity contribution in [3.63, 3.8) is 0 Å². The second kappa shape index (κ2) is 22.6. The van der Waals surface area contributed by atoms with Crippen molar-refractivity contribution in [3.05, 3.63) is 177 Å². The molecule has 4 saturated heterocycles. The summed E-state index contributed by atoms with van der Waals surface area (Å²) in [5.41, 5.74) is -5.92. The van der Waals surface area contributed by atoms with Crippen LogP contribution in [0, 0.1) is 0 Å². The van der Waals surface area contributed by atoms with Gasteiger partial charge in [-0.2, -0.15) is 52.7 Å². The molecule has 4 aliphatic heterocycles. The average molecular weight is 1110 g/mol. The Morgan fingerprint density at radius 2 is 1.01 bits per heavy atom. The Balaban J connectivity index is 0.000000233. The average Bonchev–Trinajstić information content (AvgIpc) is 4.03. The van der Waals surface area contributed by atoms with Gasteiger partial charge in [-0.1, -0.05) is 91.0 Å². The lowest BCUT2D eigenvalue weighted by atomic mass is 9.77. The van der Waals surface area contributed by atoms with Crippen LogP contribution in [0.1, 0.15) is 116 Å². The third-order valence-electron chi connectivity index (χ3n) is 14.8. The predicted octanol–water partition coefficient (Wildman–Crippen LogP) is 13.0. The van der Waals surface area contributed by atoms with Crippen LogP contribution in [0.3, 0.4) is 0 Å². The van der Waals surface area contributed by atoms with Gasteiger partial charge in [-0.15, -0.1) is 0 Å². The quantitative estimate of drug-likeness (QED) is 0.107. The zero-order chi connectivity index (χ0) is 56.4. The van der Waals surface area contributed by atoms with Crippen LogP contribution in [-0.4, -0.2) is 60.2 Å². The van der Waals surface area contributed by atoms with E-state index in [-0.39, 0.29) is 93.7 Å². The predicted molar refractivity (Wildman–Crippen MR) is 261 cm³/mol. The lowest BCUT2D eigenvalue weighted by Crippen LogP contribution is -2.63. The number of fused-ring (bicyclic) bond motifs is 2. The van der Waals surface area contributed by atoms with Gasteiger partial charge in [0.25, 0.3) is 0 Å². The standard InChI is InChI=1S/C32H30F6N2O4.C24H24F6N2O2.H2/c1-20(22-14-24(31(33,34)35)16-25(15-22)32(36,37)38)44-19-30(23-10-6-3-7-11-23)13-12-26-27(17-28(41)39-26)40(30)29(42)43-18-21-8-4-2-5-9-21;1-14(15-9-17(23(25,26)27)11-18(10-15)24(28,29)30)34-13-22(16-5-3-2-4-6-16)8-7-19-20(32-22)12-21(33)31-19;/h2-11,14-16,20,26-27H,12-13,17-19H2,1H3,(H,39,41);2-6,9-11,14,19-20,32H,7-8,12-13H2,1H3,(H,31,33);1H/t20-,26+,27?,30-;14-,19+,20?,22-;/m11./s1. The molecule has 8 atom stereocenters. The number of nitrogens with one attached hydrogen (secondary N) is 3. The minimum Gasteiger partial charge on any atom is -0.445 e. The van der Waals surface area contributed by atoms with Crippen molar-refractivity contribution < 1.29 is 82.7 Å². The second-order valence-electron chi connectivity index (χ2n) is 20.0. The molecule has 10 nitrogen and oxygen atoms in total. The van der Waals surface area contributed by atoms with Gasteiger partial charge in [0.1, 0.15) is 6.61 Å². The highest BCUT2D eigenvalue weighted by Gasteiger charge is 2.55. The van der Waals surface area contributed by atoms with E-state index < -0.39 is 82.4 Å². The fourth-order valence-corrected chi connectivity index (χ4v) is 10.7. The second-order valence-corrected chi connectivity index (χ2v) is 20.0. The number of ether oxygens (including phenoxy) is 3. The molecule has 4 heterocycles. The number of carbonyl (C=O) groups is 3. The molecule has 5 aromatic rings. The van der Waals surface area contributed by atoms with Crippen molar-refractivity contribution in [2.75, 3.05) is 13.2 Å². The lowest BCUT2D eigenvalue weighted by molar-refractivity contribution is -0.145. The van der Waals surface area contributed by atoms with Crippen molar-refractivity contribution >= 4 is 17.9 Å². The Hall–Kier alpha value is -6.65. The van der Waals surface area contributed by atoms with Crippen LogP contribution >= 0.6 is 0 Å². The first-order valence-corrected chi connectivity index (χ1v) is 24.9. The Labute approximate surface area is 442 Å². The number of amides is 3. The zero-order valence-corrected chi connectivity index (χ0v) is 41.9. The van der Waals surface area contributed by atoms with Crippen LogP contribution in [-0.2, 0) is 66.2 Å². The smallest absolute Gasteiger partial charge is 0.416 e. The van der Waals surface area contributed by atoms with Gasteiger partial charge >= 0.3 is 30.8 Å². The number of halogens is 12. The third kappa shape index (κ3) is 13.1. The minimum atomic E-state index is -5.01. The van der Waals surface area contributed by atoms with E-state index in [1.165, 1.54) is 18.7 Å². The largest absolute Gasteiger partial charge is 0.445 e. The normalized spacial score (nSPS) is 24.2. The Bertz CT molecular complexity index is 2850.